The quantitative estimate of drug-likeness (QED) is 0.629. The number of hydrogen-bond donors (Lipinski definition) is 0. The Bertz CT molecular complexity index is 592. The lowest BCUT2D eigenvalue weighted by atomic mass is 10.4. The highest BCUT2D eigenvalue weighted by Gasteiger charge is 2.12. The maximum atomic E-state index is 11.0. The summed E-state index contributed by atoms with van der Waals surface area (Å²) >= 11 is 10.5. The minimum Gasteiger partial charge on any atom is -0.298 e. The summed E-state index contributed by atoms with van der Waals surface area (Å²) in [5.74, 6) is 0.519. The van der Waals surface area contributed by atoms with Crippen LogP contribution in [-0.4, -0.2) is 21.2 Å². The van der Waals surface area contributed by atoms with Gasteiger partial charge in [0, 0.05) is 10.7 Å². The number of aldehydes is 1. The second kappa shape index (κ2) is 5.77. The zero-order valence-electron chi connectivity index (χ0n) is 9.22. The first-order chi connectivity index (χ1) is 8.60. The molecule has 0 unspecified atom stereocenters. The lowest BCUT2D eigenvalue weighted by molar-refractivity contribution is 0.112. The minimum absolute atomic E-state index is 0.164. The molecule has 2 aromatic rings. The summed E-state index contributed by atoms with van der Waals surface area (Å²) in [6.45, 7) is 1.72. The van der Waals surface area contributed by atoms with Crippen LogP contribution >= 0.6 is 39.3 Å². The van der Waals surface area contributed by atoms with E-state index >= 15 is 0 Å². The Balaban J connectivity index is 2.39. The molecule has 0 radical (unpaired) electrons. The molecule has 0 saturated carbocycles. The highest BCUT2D eigenvalue weighted by atomic mass is 79.9. The second-order valence-corrected chi connectivity index (χ2v) is 5.60. The predicted molar refractivity (Wildman–Crippen MR) is 73.2 cm³/mol. The molecule has 0 N–H and O–H groups in total. The standard InChI is InChI=1S/C11H7BrClN3OS/c1-6-15-10(13)8(5-17)11(16-6)18-9-3-2-7(12)4-14-9/h2-5H,1H3. The summed E-state index contributed by atoms with van der Waals surface area (Å²) in [6, 6.07) is 3.69. The van der Waals surface area contributed by atoms with Gasteiger partial charge in [0.15, 0.2) is 6.29 Å². The first-order valence-electron chi connectivity index (χ1n) is 4.89. The second-order valence-electron chi connectivity index (χ2n) is 3.32. The van der Waals surface area contributed by atoms with Crippen LogP contribution in [0.15, 0.2) is 32.9 Å². The van der Waals surface area contributed by atoms with E-state index in [-0.39, 0.29) is 10.7 Å². The molecular weight excluding hydrogens is 338 g/mol. The molecule has 0 bridgehead atoms. The lowest BCUT2D eigenvalue weighted by Gasteiger charge is -2.05. The number of nitrogens with zero attached hydrogens (tertiary/aromatic N) is 3. The summed E-state index contributed by atoms with van der Waals surface area (Å²) in [4.78, 5) is 23.4. The molecule has 0 amide bonds. The Morgan fingerprint density at radius 1 is 1.39 bits per heavy atom. The average Bonchev–Trinajstić information content (AvgIpc) is 2.32. The van der Waals surface area contributed by atoms with E-state index in [1.807, 2.05) is 12.1 Å². The molecule has 0 aromatic carbocycles. The summed E-state index contributed by atoms with van der Waals surface area (Å²) < 4.78 is 0.888. The first kappa shape index (κ1) is 13.5. The Morgan fingerprint density at radius 2 is 2.17 bits per heavy atom. The molecule has 0 saturated heterocycles. The van der Waals surface area contributed by atoms with E-state index in [0.29, 0.717) is 17.1 Å². The summed E-state index contributed by atoms with van der Waals surface area (Å²) in [7, 11) is 0. The molecule has 0 aliphatic carbocycles. The maximum Gasteiger partial charge on any atom is 0.155 e. The van der Waals surface area contributed by atoms with Crippen LogP contribution in [0.2, 0.25) is 5.15 Å². The fraction of sp³-hybridized carbons (Fsp3) is 0.0909. The third-order valence-corrected chi connectivity index (χ3v) is 3.71. The van der Waals surface area contributed by atoms with Crippen molar-refractivity contribution in [3.63, 3.8) is 0 Å². The molecule has 2 rings (SSSR count). The number of aromatic nitrogens is 3. The molecule has 0 aliphatic heterocycles. The molecule has 0 spiro atoms. The van der Waals surface area contributed by atoms with E-state index in [2.05, 4.69) is 30.9 Å². The van der Waals surface area contributed by atoms with E-state index < -0.39 is 0 Å². The summed E-state index contributed by atoms with van der Waals surface area (Å²) in [5.41, 5.74) is 0.289. The zero-order chi connectivity index (χ0) is 13.1. The van der Waals surface area contributed by atoms with Gasteiger partial charge in [-0.05, 0) is 46.7 Å². The highest BCUT2D eigenvalue weighted by molar-refractivity contribution is 9.10. The fourth-order valence-corrected chi connectivity index (χ4v) is 2.64. The Morgan fingerprint density at radius 3 is 2.78 bits per heavy atom. The Hall–Kier alpha value is -0.980. The first-order valence-corrected chi connectivity index (χ1v) is 6.87. The number of carbonyl (C=O) groups is 1. The topological polar surface area (TPSA) is 55.7 Å². The smallest absolute Gasteiger partial charge is 0.155 e. The average molecular weight is 345 g/mol. The highest BCUT2D eigenvalue weighted by Crippen LogP contribution is 2.29. The normalized spacial score (nSPS) is 10.4. The third kappa shape index (κ3) is 3.07. The monoisotopic (exact) mass is 343 g/mol. The number of hydrogen-bond acceptors (Lipinski definition) is 5. The van der Waals surface area contributed by atoms with Crippen LogP contribution in [0.3, 0.4) is 0 Å². The van der Waals surface area contributed by atoms with Gasteiger partial charge in [0.1, 0.15) is 21.0 Å². The minimum atomic E-state index is 0.164. The van der Waals surface area contributed by atoms with Crippen LogP contribution in [0, 0.1) is 6.92 Å². The van der Waals surface area contributed by atoms with E-state index in [1.165, 1.54) is 11.8 Å². The van der Waals surface area contributed by atoms with E-state index in [0.717, 1.165) is 9.50 Å². The van der Waals surface area contributed by atoms with Gasteiger partial charge in [-0.15, -0.1) is 0 Å². The van der Waals surface area contributed by atoms with Gasteiger partial charge >= 0.3 is 0 Å². The van der Waals surface area contributed by atoms with Crippen molar-refractivity contribution >= 4 is 45.6 Å². The van der Waals surface area contributed by atoms with Crippen LogP contribution in [0.5, 0.6) is 0 Å². The van der Waals surface area contributed by atoms with Crippen molar-refractivity contribution in [3.8, 4) is 0 Å². The molecule has 7 heteroatoms. The van der Waals surface area contributed by atoms with Crippen molar-refractivity contribution in [2.45, 2.75) is 17.0 Å². The Labute approximate surface area is 121 Å². The molecule has 0 aliphatic rings. The maximum absolute atomic E-state index is 11.0. The molecule has 92 valence electrons. The van der Waals surface area contributed by atoms with Crippen LogP contribution in [0.4, 0.5) is 0 Å². The predicted octanol–water partition coefficient (Wildman–Crippen LogP) is 3.56. The van der Waals surface area contributed by atoms with Gasteiger partial charge in [-0.25, -0.2) is 15.0 Å². The number of carbonyl (C=O) groups excluding carboxylic acids is 1. The molecule has 2 heterocycles. The lowest BCUT2D eigenvalue weighted by Crippen LogP contribution is -1.98. The van der Waals surface area contributed by atoms with Crippen LogP contribution < -0.4 is 0 Å². The number of pyridine rings is 1. The van der Waals surface area contributed by atoms with E-state index in [4.69, 9.17) is 11.6 Å². The molecule has 18 heavy (non-hydrogen) atoms. The summed E-state index contributed by atoms with van der Waals surface area (Å²) in [5, 5.41) is 1.41. The zero-order valence-corrected chi connectivity index (χ0v) is 12.4. The number of halogens is 2. The van der Waals surface area contributed by atoms with Crippen LogP contribution in [0.25, 0.3) is 0 Å². The van der Waals surface area contributed by atoms with Gasteiger partial charge in [-0.3, -0.25) is 4.79 Å². The third-order valence-electron chi connectivity index (χ3n) is 2.00. The van der Waals surface area contributed by atoms with Crippen molar-refractivity contribution in [2.75, 3.05) is 0 Å². The Kier molecular flexibility index (Phi) is 4.31. The van der Waals surface area contributed by atoms with Crippen molar-refractivity contribution in [1.82, 2.24) is 15.0 Å². The fourth-order valence-electron chi connectivity index (χ4n) is 1.22. The van der Waals surface area contributed by atoms with E-state index in [9.17, 15) is 4.79 Å². The van der Waals surface area contributed by atoms with Gasteiger partial charge < -0.3 is 0 Å². The van der Waals surface area contributed by atoms with Crippen molar-refractivity contribution in [2.24, 2.45) is 0 Å². The van der Waals surface area contributed by atoms with Gasteiger partial charge in [0.05, 0.1) is 5.56 Å². The van der Waals surface area contributed by atoms with E-state index in [1.54, 1.807) is 13.1 Å². The van der Waals surface area contributed by atoms with Crippen LogP contribution in [0.1, 0.15) is 16.2 Å². The van der Waals surface area contributed by atoms with Crippen LogP contribution in [-0.2, 0) is 0 Å². The van der Waals surface area contributed by atoms with Gasteiger partial charge in [0.2, 0.25) is 0 Å². The summed E-state index contributed by atoms with van der Waals surface area (Å²) in [6.07, 6.45) is 2.33. The molecular formula is C11H7BrClN3OS. The van der Waals surface area contributed by atoms with Gasteiger partial charge in [-0.1, -0.05) is 11.6 Å². The van der Waals surface area contributed by atoms with Gasteiger partial charge in [-0.2, -0.15) is 0 Å². The van der Waals surface area contributed by atoms with Crippen molar-refractivity contribution in [1.29, 1.82) is 0 Å². The van der Waals surface area contributed by atoms with Crippen molar-refractivity contribution < 1.29 is 4.79 Å². The molecule has 4 nitrogen and oxygen atoms in total. The number of rotatable bonds is 3. The molecule has 2 aromatic heterocycles. The SMILES string of the molecule is Cc1nc(Cl)c(C=O)c(Sc2ccc(Br)cn2)n1. The molecule has 0 atom stereocenters. The molecule has 0 fully saturated rings. The number of aryl methyl sites for hydroxylation is 1. The largest absolute Gasteiger partial charge is 0.298 e. The van der Waals surface area contributed by atoms with Crippen molar-refractivity contribution in [3.05, 3.63) is 39.3 Å². The van der Waals surface area contributed by atoms with Gasteiger partial charge in [0.25, 0.3) is 0 Å².